The maximum absolute atomic E-state index is 13.8. The fourth-order valence-electron chi connectivity index (χ4n) is 3.94. The monoisotopic (exact) mass is 479 g/mol. The van der Waals surface area contributed by atoms with Gasteiger partial charge < -0.3 is 10.3 Å². The largest absolute Gasteiger partial charge is 0.361 e. The van der Waals surface area contributed by atoms with E-state index in [0.717, 1.165) is 26.5 Å². The van der Waals surface area contributed by atoms with Crippen LogP contribution in [-0.2, 0) is 6.42 Å². The number of H-pyrrole nitrogens is 1. The van der Waals surface area contributed by atoms with Crippen molar-refractivity contribution in [2.45, 2.75) is 19.8 Å². The Bertz CT molecular complexity index is 1510. The Hall–Kier alpha value is -3.78. The first-order valence-corrected chi connectivity index (χ1v) is 11.1. The van der Waals surface area contributed by atoms with Gasteiger partial charge in [0.15, 0.2) is 5.65 Å². The molecule has 5 rings (SSSR count). The summed E-state index contributed by atoms with van der Waals surface area (Å²) in [4.78, 5) is 20.6. The van der Waals surface area contributed by atoms with E-state index < -0.39 is 12.3 Å². The minimum absolute atomic E-state index is 0.0877. The second-order valence-corrected chi connectivity index (χ2v) is 8.47. The number of aromatic amines is 1. The Morgan fingerprint density at radius 1 is 1.18 bits per heavy atom. The van der Waals surface area contributed by atoms with Crippen molar-refractivity contribution in [3.63, 3.8) is 0 Å². The van der Waals surface area contributed by atoms with Crippen LogP contribution in [0.1, 0.15) is 33.6 Å². The number of alkyl halides is 2. The van der Waals surface area contributed by atoms with Crippen molar-refractivity contribution in [3.05, 3.63) is 88.3 Å². The van der Waals surface area contributed by atoms with Crippen molar-refractivity contribution >= 4 is 34.1 Å². The quantitative estimate of drug-likeness (QED) is 0.325. The Morgan fingerprint density at radius 3 is 2.74 bits per heavy atom. The molecule has 2 aromatic carbocycles. The minimum atomic E-state index is -2.78. The summed E-state index contributed by atoms with van der Waals surface area (Å²) in [7, 11) is 0. The normalized spacial score (nSPS) is 11.6. The van der Waals surface area contributed by atoms with E-state index in [1.54, 1.807) is 0 Å². The van der Waals surface area contributed by atoms with E-state index in [1.165, 1.54) is 12.3 Å². The molecule has 1 amide bonds. The van der Waals surface area contributed by atoms with Crippen LogP contribution in [0.4, 0.5) is 8.78 Å². The molecule has 34 heavy (non-hydrogen) atoms. The molecule has 9 heteroatoms. The summed E-state index contributed by atoms with van der Waals surface area (Å²) < 4.78 is 28.6. The number of carbonyl (C=O) groups is 1. The van der Waals surface area contributed by atoms with E-state index in [-0.39, 0.29) is 16.9 Å². The summed E-state index contributed by atoms with van der Waals surface area (Å²) in [6.07, 6.45) is 0.940. The molecular formula is C25H20ClF2N5O. The van der Waals surface area contributed by atoms with Crippen LogP contribution in [0.5, 0.6) is 0 Å². The fourth-order valence-corrected chi connectivity index (χ4v) is 4.11. The maximum atomic E-state index is 13.8. The third kappa shape index (κ3) is 4.12. The Kier molecular flexibility index (Phi) is 5.75. The van der Waals surface area contributed by atoms with Crippen LogP contribution in [-0.4, -0.2) is 32.0 Å². The van der Waals surface area contributed by atoms with Gasteiger partial charge in [0.25, 0.3) is 12.3 Å². The molecular weight excluding hydrogens is 460 g/mol. The zero-order chi connectivity index (χ0) is 23.8. The lowest BCUT2D eigenvalue weighted by molar-refractivity contribution is 0.0955. The molecule has 0 aliphatic carbocycles. The van der Waals surface area contributed by atoms with Gasteiger partial charge in [-0.25, -0.2) is 18.3 Å². The molecule has 6 nitrogen and oxygen atoms in total. The van der Waals surface area contributed by atoms with Crippen molar-refractivity contribution in [3.8, 4) is 11.3 Å². The molecule has 0 bridgehead atoms. The average molecular weight is 480 g/mol. The van der Waals surface area contributed by atoms with Crippen molar-refractivity contribution in [1.29, 1.82) is 0 Å². The minimum Gasteiger partial charge on any atom is -0.361 e. The highest BCUT2D eigenvalue weighted by atomic mass is 35.5. The van der Waals surface area contributed by atoms with Gasteiger partial charge >= 0.3 is 0 Å². The number of rotatable bonds is 6. The number of aryl methyl sites for hydroxylation is 1. The zero-order valence-corrected chi connectivity index (χ0v) is 18.9. The summed E-state index contributed by atoms with van der Waals surface area (Å²) in [5.74, 6) is -0.429. The molecule has 3 aromatic heterocycles. The number of fused-ring (bicyclic) bond motifs is 2. The molecule has 5 aromatic rings. The Balaban J connectivity index is 1.41. The highest BCUT2D eigenvalue weighted by molar-refractivity contribution is 6.31. The summed E-state index contributed by atoms with van der Waals surface area (Å²) in [5, 5.41) is 8.48. The number of amides is 1. The summed E-state index contributed by atoms with van der Waals surface area (Å²) >= 11 is 6.10. The third-order valence-corrected chi connectivity index (χ3v) is 5.96. The number of benzene rings is 2. The highest BCUT2D eigenvalue weighted by Gasteiger charge is 2.21. The van der Waals surface area contributed by atoms with Gasteiger partial charge in [0.1, 0.15) is 11.3 Å². The van der Waals surface area contributed by atoms with E-state index >= 15 is 0 Å². The molecule has 0 spiro atoms. The highest BCUT2D eigenvalue weighted by Crippen LogP contribution is 2.27. The van der Waals surface area contributed by atoms with Crippen LogP contribution in [0, 0.1) is 6.92 Å². The predicted octanol–water partition coefficient (Wildman–Crippen LogP) is 5.75. The SMILES string of the molecule is Cc1ccc(-c2cc(C(F)F)n3ncc(C(=O)NCCc4c[nH]c5ccc(Cl)cc45)c3n2)cc1. The number of nitrogens with zero attached hydrogens (tertiary/aromatic N) is 3. The number of halogens is 3. The van der Waals surface area contributed by atoms with E-state index in [0.29, 0.717) is 29.2 Å². The van der Waals surface area contributed by atoms with Gasteiger partial charge in [0.2, 0.25) is 0 Å². The van der Waals surface area contributed by atoms with E-state index in [2.05, 4.69) is 20.4 Å². The van der Waals surface area contributed by atoms with Crippen LogP contribution in [0.2, 0.25) is 5.02 Å². The Morgan fingerprint density at radius 2 is 1.97 bits per heavy atom. The first-order valence-electron chi connectivity index (χ1n) is 10.7. The lowest BCUT2D eigenvalue weighted by Gasteiger charge is -2.09. The van der Waals surface area contributed by atoms with E-state index in [9.17, 15) is 13.6 Å². The molecule has 3 heterocycles. The molecule has 0 saturated carbocycles. The molecule has 172 valence electrons. The number of nitrogens with one attached hydrogen (secondary N) is 2. The summed E-state index contributed by atoms with van der Waals surface area (Å²) in [6.45, 7) is 2.28. The predicted molar refractivity (Wildman–Crippen MR) is 127 cm³/mol. The third-order valence-electron chi connectivity index (χ3n) is 5.72. The van der Waals surface area contributed by atoms with Gasteiger partial charge in [-0.15, -0.1) is 0 Å². The first kappa shape index (κ1) is 22.0. The van der Waals surface area contributed by atoms with Gasteiger partial charge in [-0.3, -0.25) is 4.79 Å². The van der Waals surface area contributed by atoms with Crippen molar-refractivity contribution < 1.29 is 13.6 Å². The lowest BCUT2D eigenvalue weighted by Crippen LogP contribution is -2.25. The van der Waals surface area contributed by atoms with E-state index in [1.807, 2.05) is 55.6 Å². The summed E-state index contributed by atoms with van der Waals surface area (Å²) in [6, 6.07) is 14.3. The number of hydrogen-bond donors (Lipinski definition) is 2. The second-order valence-electron chi connectivity index (χ2n) is 8.04. The molecule has 0 atom stereocenters. The molecule has 0 radical (unpaired) electrons. The molecule has 0 aliphatic heterocycles. The number of hydrogen-bond acceptors (Lipinski definition) is 3. The Labute approximate surface area is 198 Å². The zero-order valence-electron chi connectivity index (χ0n) is 18.1. The van der Waals surface area contributed by atoms with Crippen molar-refractivity contribution in [2.24, 2.45) is 0 Å². The standard InChI is InChI=1S/C25H20ClF2N5O/c1-14-2-4-15(5-3-14)21-11-22(23(27)28)33-24(32-21)19(13-31-33)25(34)29-9-8-16-12-30-20-7-6-17(26)10-18(16)20/h2-7,10-13,23,30H,8-9H2,1H3,(H,29,34). The smallest absolute Gasteiger partial charge is 0.280 e. The molecule has 0 aliphatic rings. The van der Waals surface area contributed by atoms with Crippen molar-refractivity contribution in [1.82, 2.24) is 24.9 Å². The second kappa shape index (κ2) is 8.87. The first-order chi connectivity index (χ1) is 16.4. The van der Waals surface area contributed by atoms with Crippen LogP contribution < -0.4 is 5.32 Å². The van der Waals surface area contributed by atoms with Crippen LogP contribution in [0.25, 0.3) is 27.8 Å². The fraction of sp³-hybridized carbons (Fsp3) is 0.160. The lowest BCUT2D eigenvalue weighted by atomic mass is 10.1. The van der Waals surface area contributed by atoms with Gasteiger partial charge in [-0.05, 0) is 43.2 Å². The van der Waals surface area contributed by atoms with Crippen LogP contribution >= 0.6 is 11.6 Å². The van der Waals surface area contributed by atoms with Crippen molar-refractivity contribution in [2.75, 3.05) is 6.54 Å². The van der Waals surface area contributed by atoms with Crippen LogP contribution in [0.3, 0.4) is 0 Å². The molecule has 2 N–H and O–H groups in total. The topological polar surface area (TPSA) is 75.1 Å². The van der Waals surface area contributed by atoms with Gasteiger partial charge in [0.05, 0.1) is 11.9 Å². The summed E-state index contributed by atoms with van der Waals surface area (Å²) in [5.41, 5.74) is 3.95. The molecule has 0 unspecified atom stereocenters. The van der Waals surface area contributed by atoms with E-state index in [4.69, 9.17) is 11.6 Å². The maximum Gasteiger partial charge on any atom is 0.280 e. The number of aromatic nitrogens is 4. The average Bonchev–Trinajstić information content (AvgIpc) is 3.43. The van der Waals surface area contributed by atoms with Crippen LogP contribution in [0.15, 0.2) is 60.9 Å². The van der Waals surface area contributed by atoms with Gasteiger partial charge in [0, 0.05) is 34.2 Å². The molecule has 0 fully saturated rings. The molecule has 0 saturated heterocycles. The number of carbonyl (C=O) groups excluding carboxylic acids is 1. The van der Waals surface area contributed by atoms with Gasteiger partial charge in [-0.1, -0.05) is 41.4 Å². The van der Waals surface area contributed by atoms with Gasteiger partial charge in [-0.2, -0.15) is 5.10 Å².